The Morgan fingerprint density at radius 2 is 1.88 bits per heavy atom. The van der Waals surface area contributed by atoms with Crippen molar-refractivity contribution in [3.63, 3.8) is 0 Å². The Hall–Kier alpha value is -1.06. The molecule has 0 saturated heterocycles. The fourth-order valence-corrected chi connectivity index (χ4v) is 1.60. The van der Waals surface area contributed by atoms with Crippen molar-refractivity contribution >= 4 is 11.9 Å². The summed E-state index contributed by atoms with van der Waals surface area (Å²) in [7, 11) is 0. The van der Waals surface area contributed by atoms with Crippen LogP contribution in [-0.2, 0) is 9.59 Å². The van der Waals surface area contributed by atoms with Crippen LogP contribution in [0.15, 0.2) is 0 Å². The van der Waals surface area contributed by atoms with Crippen LogP contribution in [0.3, 0.4) is 0 Å². The fraction of sp³-hybridized carbons (Fsp3) is 0.833. The zero-order valence-corrected chi connectivity index (χ0v) is 10.3. The minimum atomic E-state index is -0.928. The molecule has 0 aromatic heterocycles. The molecule has 92 valence electrons. The number of hydrogen-bond acceptors (Lipinski definition) is 2. The highest BCUT2D eigenvalue weighted by atomic mass is 16.4. The van der Waals surface area contributed by atoms with Crippen molar-refractivity contribution in [2.75, 3.05) is 13.1 Å². The molecule has 1 aliphatic carbocycles. The lowest BCUT2D eigenvalue weighted by Crippen LogP contribution is -2.38. The highest BCUT2D eigenvalue weighted by molar-refractivity contribution is 5.81. The van der Waals surface area contributed by atoms with E-state index in [0.717, 1.165) is 12.8 Å². The van der Waals surface area contributed by atoms with E-state index >= 15 is 0 Å². The van der Waals surface area contributed by atoms with E-state index in [4.69, 9.17) is 5.11 Å². The first-order valence-electron chi connectivity index (χ1n) is 5.77. The Bertz CT molecular complexity index is 276. The van der Waals surface area contributed by atoms with Crippen molar-refractivity contribution in [3.8, 4) is 0 Å². The summed E-state index contributed by atoms with van der Waals surface area (Å²) in [6.45, 7) is 6.41. The molecular weight excluding hydrogens is 206 g/mol. The van der Waals surface area contributed by atoms with Gasteiger partial charge in [0.2, 0.25) is 5.91 Å². The second-order valence-electron chi connectivity index (χ2n) is 5.85. The summed E-state index contributed by atoms with van der Waals surface area (Å²) in [5, 5.41) is 8.77. The number of amides is 1. The largest absolute Gasteiger partial charge is 0.480 e. The first kappa shape index (κ1) is 13.0. The second-order valence-corrected chi connectivity index (χ2v) is 5.85. The van der Waals surface area contributed by atoms with Gasteiger partial charge in [0, 0.05) is 13.0 Å². The van der Waals surface area contributed by atoms with Crippen LogP contribution >= 0.6 is 0 Å². The van der Waals surface area contributed by atoms with Crippen LogP contribution in [0, 0.1) is 11.3 Å². The average molecular weight is 227 g/mol. The Labute approximate surface area is 96.6 Å². The van der Waals surface area contributed by atoms with E-state index in [1.165, 1.54) is 4.90 Å². The molecule has 4 nitrogen and oxygen atoms in total. The van der Waals surface area contributed by atoms with Crippen LogP contribution in [0.4, 0.5) is 0 Å². The molecule has 1 N–H and O–H groups in total. The average Bonchev–Trinajstić information content (AvgIpc) is 2.82. The Balaban J connectivity index is 2.52. The van der Waals surface area contributed by atoms with Gasteiger partial charge >= 0.3 is 5.97 Å². The predicted octanol–water partition coefficient (Wildman–Crippen LogP) is 1.75. The van der Waals surface area contributed by atoms with Crippen molar-refractivity contribution in [2.24, 2.45) is 11.3 Å². The molecule has 16 heavy (non-hydrogen) atoms. The molecule has 1 saturated carbocycles. The Morgan fingerprint density at radius 1 is 1.31 bits per heavy atom. The van der Waals surface area contributed by atoms with Gasteiger partial charge in [-0.3, -0.25) is 9.59 Å². The molecule has 0 spiro atoms. The highest BCUT2D eigenvalue weighted by Crippen LogP contribution is 2.30. The highest BCUT2D eigenvalue weighted by Gasteiger charge is 2.29. The third-order valence-electron chi connectivity index (χ3n) is 2.54. The van der Waals surface area contributed by atoms with Gasteiger partial charge in [-0.05, 0) is 24.2 Å². The molecule has 0 heterocycles. The summed E-state index contributed by atoms with van der Waals surface area (Å²) in [4.78, 5) is 24.1. The predicted molar refractivity (Wildman–Crippen MR) is 61.0 cm³/mol. The molecule has 4 heteroatoms. The van der Waals surface area contributed by atoms with Gasteiger partial charge in [0.15, 0.2) is 0 Å². The van der Waals surface area contributed by atoms with E-state index in [2.05, 4.69) is 0 Å². The lowest BCUT2D eigenvalue weighted by atomic mass is 9.91. The number of nitrogens with zero attached hydrogens (tertiary/aromatic N) is 1. The summed E-state index contributed by atoms with van der Waals surface area (Å²) in [6, 6.07) is 0. The van der Waals surface area contributed by atoms with Crippen LogP contribution < -0.4 is 0 Å². The molecule has 0 aromatic carbocycles. The van der Waals surface area contributed by atoms with Crippen LogP contribution in [0.5, 0.6) is 0 Å². The van der Waals surface area contributed by atoms with Gasteiger partial charge in [-0.2, -0.15) is 0 Å². The number of aliphatic carboxylic acids is 1. The maximum atomic E-state index is 11.9. The van der Waals surface area contributed by atoms with Gasteiger partial charge in [-0.15, -0.1) is 0 Å². The molecule has 0 aliphatic heterocycles. The fourth-order valence-electron chi connectivity index (χ4n) is 1.60. The van der Waals surface area contributed by atoms with Crippen molar-refractivity contribution in [2.45, 2.75) is 40.0 Å². The van der Waals surface area contributed by atoms with Crippen LogP contribution in [0.1, 0.15) is 40.0 Å². The molecule has 0 radical (unpaired) electrons. The molecule has 0 unspecified atom stereocenters. The first-order valence-corrected chi connectivity index (χ1v) is 5.77. The van der Waals surface area contributed by atoms with Gasteiger partial charge in [0.05, 0.1) is 0 Å². The third kappa shape index (κ3) is 5.14. The number of rotatable bonds is 5. The zero-order chi connectivity index (χ0) is 12.3. The number of hydrogen-bond donors (Lipinski definition) is 1. The van der Waals surface area contributed by atoms with E-state index in [1.54, 1.807) is 0 Å². The number of carbonyl (C=O) groups excluding carboxylic acids is 1. The van der Waals surface area contributed by atoms with Crippen molar-refractivity contribution in [1.29, 1.82) is 0 Å². The molecule has 0 atom stereocenters. The SMILES string of the molecule is CC(C)(C)CC(=O)N(CC(=O)O)CC1CC1. The summed E-state index contributed by atoms with van der Waals surface area (Å²) < 4.78 is 0. The number of carboxylic acid groups (broad SMARTS) is 1. The summed E-state index contributed by atoms with van der Waals surface area (Å²) in [5.41, 5.74) is -0.0859. The topological polar surface area (TPSA) is 57.6 Å². The second kappa shape index (κ2) is 4.85. The molecule has 1 fully saturated rings. The normalized spacial score (nSPS) is 15.9. The number of carboxylic acids is 1. The zero-order valence-electron chi connectivity index (χ0n) is 10.3. The standard InChI is InChI=1S/C12H21NO3/c1-12(2,3)6-10(14)13(8-11(15)16)7-9-4-5-9/h9H,4-8H2,1-3H3,(H,15,16). The van der Waals surface area contributed by atoms with Gasteiger partial charge in [0.25, 0.3) is 0 Å². The Kier molecular flexibility index (Phi) is 3.94. The molecular formula is C12H21NO3. The van der Waals surface area contributed by atoms with Crippen molar-refractivity contribution in [1.82, 2.24) is 4.90 Å². The smallest absolute Gasteiger partial charge is 0.323 e. The monoisotopic (exact) mass is 227 g/mol. The minimum absolute atomic E-state index is 0.0400. The lowest BCUT2D eigenvalue weighted by molar-refractivity contribution is -0.145. The van der Waals surface area contributed by atoms with E-state index in [0.29, 0.717) is 18.9 Å². The summed E-state index contributed by atoms with van der Waals surface area (Å²) >= 11 is 0. The van der Waals surface area contributed by atoms with Gasteiger partial charge in [-0.1, -0.05) is 20.8 Å². The Morgan fingerprint density at radius 3 is 2.25 bits per heavy atom. The van der Waals surface area contributed by atoms with E-state index in [1.807, 2.05) is 20.8 Å². The maximum absolute atomic E-state index is 11.9. The molecule has 1 amide bonds. The van der Waals surface area contributed by atoms with E-state index in [9.17, 15) is 9.59 Å². The van der Waals surface area contributed by atoms with Gasteiger partial charge in [0.1, 0.15) is 6.54 Å². The first-order chi connectivity index (χ1) is 7.28. The third-order valence-corrected chi connectivity index (χ3v) is 2.54. The van der Waals surface area contributed by atoms with Crippen LogP contribution in [0.2, 0.25) is 0 Å². The van der Waals surface area contributed by atoms with Gasteiger partial charge in [-0.25, -0.2) is 0 Å². The van der Waals surface area contributed by atoms with E-state index in [-0.39, 0.29) is 17.9 Å². The molecule has 1 rings (SSSR count). The molecule has 0 aromatic rings. The lowest BCUT2D eigenvalue weighted by Gasteiger charge is -2.25. The van der Waals surface area contributed by atoms with Gasteiger partial charge < -0.3 is 10.0 Å². The van der Waals surface area contributed by atoms with Crippen molar-refractivity contribution in [3.05, 3.63) is 0 Å². The van der Waals surface area contributed by atoms with Crippen LogP contribution in [0.25, 0.3) is 0 Å². The summed E-state index contributed by atoms with van der Waals surface area (Å²) in [6.07, 6.45) is 2.66. The van der Waals surface area contributed by atoms with Crippen LogP contribution in [-0.4, -0.2) is 35.0 Å². The quantitative estimate of drug-likeness (QED) is 0.778. The minimum Gasteiger partial charge on any atom is -0.480 e. The maximum Gasteiger partial charge on any atom is 0.323 e. The molecule has 0 bridgehead atoms. The number of carbonyl (C=O) groups is 2. The molecule has 1 aliphatic rings. The van der Waals surface area contributed by atoms with Crippen molar-refractivity contribution < 1.29 is 14.7 Å². The van der Waals surface area contributed by atoms with E-state index < -0.39 is 5.97 Å². The summed E-state index contributed by atoms with van der Waals surface area (Å²) in [5.74, 6) is -0.437.